The summed E-state index contributed by atoms with van der Waals surface area (Å²) in [5, 5.41) is 2.71. The molecular weight excluding hydrogens is 270 g/mol. The van der Waals surface area contributed by atoms with Crippen LogP contribution in [0, 0.1) is 13.8 Å². The van der Waals surface area contributed by atoms with Crippen LogP contribution in [0.25, 0.3) is 0 Å². The van der Waals surface area contributed by atoms with E-state index >= 15 is 0 Å². The largest absolute Gasteiger partial charge is 0.462 e. The molecule has 1 amide bonds. The van der Waals surface area contributed by atoms with Gasteiger partial charge in [-0.05, 0) is 56.7 Å². The van der Waals surface area contributed by atoms with Crippen LogP contribution >= 0.6 is 0 Å². The highest BCUT2D eigenvalue weighted by Gasteiger charge is 2.13. The summed E-state index contributed by atoms with van der Waals surface area (Å²) in [6.07, 6.45) is 0. The fraction of sp³-hybridized carbons (Fsp3) is 0.250. The first-order valence-electron chi connectivity index (χ1n) is 6.67. The normalized spacial score (nSPS) is 10.2. The average molecular weight is 287 g/mol. The van der Waals surface area contributed by atoms with Crippen LogP contribution in [0.15, 0.2) is 34.7 Å². The third-order valence-electron chi connectivity index (χ3n) is 3.04. The van der Waals surface area contributed by atoms with Gasteiger partial charge in [0.1, 0.15) is 5.76 Å². The van der Waals surface area contributed by atoms with Crippen molar-refractivity contribution in [3.63, 3.8) is 0 Å². The molecule has 0 saturated carbocycles. The molecule has 5 nitrogen and oxygen atoms in total. The molecule has 0 atom stereocenters. The Morgan fingerprint density at radius 1 is 1.19 bits per heavy atom. The molecule has 1 aromatic carbocycles. The first kappa shape index (κ1) is 14.8. The van der Waals surface area contributed by atoms with E-state index in [-0.39, 0.29) is 17.6 Å². The van der Waals surface area contributed by atoms with Crippen LogP contribution in [0.2, 0.25) is 0 Å². The van der Waals surface area contributed by atoms with Crippen LogP contribution in [0.1, 0.15) is 39.2 Å². The van der Waals surface area contributed by atoms with Crippen molar-refractivity contribution in [2.24, 2.45) is 0 Å². The number of esters is 1. The lowest BCUT2D eigenvalue weighted by Crippen LogP contribution is -2.11. The van der Waals surface area contributed by atoms with Crippen molar-refractivity contribution >= 4 is 17.6 Å². The second-order valence-corrected chi connectivity index (χ2v) is 4.60. The molecule has 0 saturated heterocycles. The van der Waals surface area contributed by atoms with Gasteiger partial charge >= 0.3 is 5.97 Å². The number of benzene rings is 1. The van der Waals surface area contributed by atoms with Crippen LogP contribution in [-0.4, -0.2) is 18.5 Å². The van der Waals surface area contributed by atoms with Gasteiger partial charge < -0.3 is 14.5 Å². The van der Waals surface area contributed by atoms with E-state index in [4.69, 9.17) is 9.15 Å². The van der Waals surface area contributed by atoms with Gasteiger partial charge in [0.05, 0.1) is 12.2 Å². The lowest BCUT2D eigenvalue weighted by molar-refractivity contribution is 0.0526. The van der Waals surface area contributed by atoms with Crippen LogP contribution in [0.3, 0.4) is 0 Å². The maximum atomic E-state index is 12.0. The summed E-state index contributed by atoms with van der Waals surface area (Å²) in [5.74, 6) is 0.278. The summed E-state index contributed by atoms with van der Waals surface area (Å²) in [4.78, 5) is 23.5. The quantitative estimate of drug-likeness (QED) is 0.876. The van der Waals surface area contributed by atoms with E-state index in [1.165, 1.54) is 0 Å². The van der Waals surface area contributed by atoms with Gasteiger partial charge in [-0.25, -0.2) is 4.79 Å². The van der Waals surface area contributed by atoms with Crippen molar-refractivity contribution in [2.75, 3.05) is 11.9 Å². The van der Waals surface area contributed by atoms with Crippen molar-refractivity contribution in [2.45, 2.75) is 20.8 Å². The number of anilines is 1. The molecule has 0 aliphatic carbocycles. The maximum absolute atomic E-state index is 12.0. The highest BCUT2D eigenvalue weighted by molar-refractivity contribution is 6.02. The standard InChI is InChI=1S/C16H17NO4/c1-4-20-16(19)12-5-7-13(8-6-12)17-15(18)14-9-10(2)11(3)21-14/h5-9H,4H2,1-3H3,(H,17,18). The molecule has 0 fully saturated rings. The fourth-order valence-electron chi connectivity index (χ4n) is 1.78. The molecule has 1 heterocycles. The molecule has 21 heavy (non-hydrogen) atoms. The second kappa shape index (κ2) is 6.26. The van der Waals surface area contributed by atoms with Crippen molar-refractivity contribution in [3.8, 4) is 0 Å². The Morgan fingerprint density at radius 3 is 2.38 bits per heavy atom. The zero-order chi connectivity index (χ0) is 15.4. The number of hydrogen-bond donors (Lipinski definition) is 1. The highest BCUT2D eigenvalue weighted by Crippen LogP contribution is 2.16. The molecule has 0 aliphatic heterocycles. The number of rotatable bonds is 4. The minimum Gasteiger partial charge on any atom is -0.462 e. The molecule has 2 aromatic rings. The van der Waals surface area contributed by atoms with E-state index in [1.807, 2.05) is 6.92 Å². The Balaban J connectivity index is 2.06. The smallest absolute Gasteiger partial charge is 0.338 e. The lowest BCUT2D eigenvalue weighted by atomic mass is 10.2. The molecule has 0 aliphatic rings. The summed E-state index contributed by atoms with van der Waals surface area (Å²) >= 11 is 0. The molecule has 0 unspecified atom stereocenters. The van der Waals surface area contributed by atoms with Crippen LogP contribution in [0.5, 0.6) is 0 Å². The number of nitrogens with one attached hydrogen (secondary N) is 1. The lowest BCUT2D eigenvalue weighted by Gasteiger charge is -2.05. The van der Waals surface area contributed by atoms with Gasteiger partial charge in [0.2, 0.25) is 0 Å². The van der Waals surface area contributed by atoms with Crippen molar-refractivity contribution in [1.82, 2.24) is 0 Å². The Kier molecular flexibility index (Phi) is 4.42. The molecule has 2 rings (SSSR count). The molecule has 0 spiro atoms. The number of carbonyl (C=O) groups excluding carboxylic acids is 2. The summed E-state index contributed by atoms with van der Waals surface area (Å²) < 4.78 is 10.2. The summed E-state index contributed by atoms with van der Waals surface area (Å²) in [6.45, 7) is 5.76. The predicted molar refractivity (Wildman–Crippen MR) is 78.5 cm³/mol. The number of aryl methyl sites for hydroxylation is 2. The average Bonchev–Trinajstić information content (AvgIpc) is 2.80. The van der Waals surface area contributed by atoms with E-state index < -0.39 is 0 Å². The predicted octanol–water partition coefficient (Wildman–Crippen LogP) is 3.33. The van der Waals surface area contributed by atoms with Crippen molar-refractivity contribution in [3.05, 3.63) is 53.0 Å². The van der Waals surface area contributed by atoms with Gasteiger partial charge in [-0.2, -0.15) is 0 Å². The molecule has 110 valence electrons. The first-order valence-corrected chi connectivity index (χ1v) is 6.67. The number of furan rings is 1. The second-order valence-electron chi connectivity index (χ2n) is 4.60. The summed E-state index contributed by atoms with van der Waals surface area (Å²) in [5.41, 5.74) is 1.96. The fourth-order valence-corrected chi connectivity index (χ4v) is 1.78. The number of amides is 1. The monoisotopic (exact) mass is 287 g/mol. The van der Waals surface area contributed by atoms with Crippen molar-refractivity contribution < 1.29 is 18.7 Å². The maximum Gasteiger partial charge on any atom is 0.338 e. The topological polar surface area (TPSA) is 68.5 Å². The first-order chi connectivity index (χ1) is 10.0. The summed E-state index contributed by atoms with van der Waals surface area (Å²) in [6, 6.07) is 8.19. The zero-order valence-corrected chi connectivity index (χ0v) is 12.2. The number of ether oxygens (including phenoxy) is 1. The minimum atomic E-state index is -0.382. The van der Waals surface area contributed by atoms with E-state index in [2.05, 4.69) is 5.32 Å². The zero-order valence-electron chi connectivity index (χ0n) is 12.2. The van der Waals surface area contributed by atoms with Crippen molar-refractivity contribution in [1.29, 1.82) is 0 Å². The molecule has 1 aromatic heterocycles. The Bertz CT molecular complexity index is 636. The van der Waals surface area contributed by atoms with E-state index in [0.29, 0.717) is 17.9 Å². The van der Waals surface area contributed by atoms with Gasteiger partial charge in [0, 0.05) is 5.69 Å². The third-order valence-corrected chi connectivity index (χ3v) is 3.04. The van der Waals surface area contributed by atoms with Crippen LogP contribution in [0.4, 0.5) is 5.69 Å². The van der Waals surface area contributed by atoms with E-state index in [0.717, 1.165) is 11.3 Å². The van der Waals surface area contributed by atoms with E-state index in [1.54, 1.807) is 44.2 Å². The van der Waals surface area contributed by atoms with Gasteiger partial charge in [-0.3, -0.25) is 4.79 Å². The molecule has 5 heteroatoms. The molecule has 1 N–H and O–H groups in total. The van der Waals surface area contributed by atoms with E-state index in [9.17, 15) is 9.59 Å². The van der Waals surface area contributed by atoms with Crippen LogP contribution in [-0.2, 0) is 4.74 Å². The SMILES string of the molecule is CCOC(=O)c1ccc(NC(=O)c2cc(C)c(C)o2)cc1. The number of hydrogen-bond acceptors (Lipinski definition) is 4. The molecular formula is C16H17NO4. The van der Waals surface area contributed by atoms with Gasteiger partial charge in [-0.1, -0.05) is 0 Å². The summed E-state index contributed by atoms with van der Waals surface area (Å²) in [7, 11) is 0. The Hall–Kier alpha value is -2.56. The molecule has 0 radical (unpaired) electrons. The minimum absolute atomic E-state index is 0.263. The highest BCUT2D eigenvalue weighted by atomic mass is 16.5. The Labute approximate surface area is 122 Å². The Morgan fingerprint density at radius 2 is 1.86 bits per heavy atom. The van der Waals surface area contributed by atoms with Crippen LogP contribution < -0.4 is 5.32 Å². The van der Waals surface area contributed by atoms with Gasteiger partial charge in [0.25, 0.3) is 5.91 Å². The van der Waals surface area contributed by atoms with Gasteiger partial charge in [-0.15, -0.1) is 0 Å². The van der Waals surface area contributed by atoms with Gasteiger partial charge in [0.15, 0.2) is 5.76 Å². The number of carbonyl (C=O) groups is 2. The third kappa shape index (κ3) is 3.51. The molecule has 0 bridgehead atoms.